The molecule has 0 radical (unpaired) electrons. The van der Waals surface area contributed by atoms with Crippen LogP contribution in [0.3, 0.4) is 0 Å². The van der Waals surface area contributed by atoms with Crippen molar-refractivity contribution in [2.45, 2.75) is 45.5 Å². The lowest BCUT2D eigenvalue weighted by Crippen LogP contribution is -2.20. The van der Waals surface area contributed by atoms with Crippen LogP contribution in [0.4, 0.5) is 18.9 Å². The van der Waals surface area contributed by atoms with Gasteiger partial charge in [-0.25, -0.2) is 4.99 Å². The number of rotatable bonds is 8. The van der Waals surface area contributed by atoms with Crippen LogP contribution in [0.5, 0.6) is 5.75 Å². The Hall–Kier alpha value is -2.81. The van der Waals surface area contributed by atoms with Crippen molar-refractivity contribution in [1.29, 1.82) is 0 Å². The number of benzene rings is 2. The summed E-state index contributed by atoms with van der Waals surface area (Å²) in [6, 6.07) is 12.4. The maximum atomic E-state index is 13.2. The first-order valence-corrected chi connectivity index (χ1v) is 11.6. The number of nitrogens with zero attached hydrogens (tertiary/aromatic N) is 2. The highest BCUT2D eigenvalue weighted by Gasteiger charge is 2.34. The van der Waals surface area contributed by atoms with E-state index in [0.717, 1.165) is 42.0 Å². The number of thioether (sulfide) groups is 1. The summed E-state index contributed by atoms with van der Waals surface area (Å²) in [5.74, 6) is 0.111. The normalized spacial score (nSPS) is 15.1. The SMILES string of the molecule is CCCCOc1ccc(C2=NC(C)(C)N=C2SCC(=O)Nc2ccccc2C(F)(F)F)cc1. The molecule has 33 heavy (non-hydrogen) atoms. The first-order chi connectivity index (χ1) is 15.6. The number of hydrogen-bond acceptors (Lipinski definition) is 5. The molecular formula is C24H26F3N3O2S. The fraction of sp³-hybridized carbons (Fsp3) is 0.375. The molecule has 0 aromatic heterocycles. The summed E-state index contributed by atoms with van der Waals surface area (Å²) in [6.07, 6.45) is -2.52. The van der Waals surface area contributed by atoms with Gasteiger partial charge < -0.3 is 10.1 Å². The Labute approximate surface area is 195 Å². The third-order valence-electron chi connectivity index (χ3n) is 4.70. The van der Waals surface area contributed by atoms with Gasteiger partial charge in [0, 0.05) is 5.56 Å². The average molecular weight is 478 g/mol. The summed E-state index contributed by atoms with van der Waals surface area (Å²) >= 11 is 1.15. The predicted molar refractivity (Wildman–Crippen MR) is 127 cm³/mol. The summed E-state index contributed by atoms with van der Waals surface area (Å²) in [7, 11) is 0. The minimum absolute atomic E-state index is 0.0989. The van der Waals surface area contributed by atoms with Crippen molar-refractivity contribution in [3.8, 4) is 5.75 Å². The molecule has 0 spiro atoms. The van der Waals surface area contributed by atoms with Gasteiger partial charge in [-0.2, -0.15) is 13.2 Å². The molecule has 0 bridgehead atoms. The zero-order valence-corrected chi connectivity index (χ0v) is 19.5. The lowest BCUT2D eigenvalue weighted by atomic mass is 10.1. The van der Waals surface area contributed by atoms with Crippen molar-refractivity contribution in [2.24, 2.45) is 9.98 Å². The van der Waals surface area contributed by atoms with E-state index in [2.05, 4.69) is 22.2 Å². The van der Waals surface area contributed by atoms with E-state index in [9.17, 15) is 18.0 Å². The highest BCUT2D eigenvalue weighted by Crippen LogP contribution is 2.34. The largest absolute Gasteiger partial charge is 0.494 e. The average Bonchev–Trinajstić information content (AvgIpc) is 3.07. The first kappa shape index (κ1) is 24.8. The molecule has 1 N–H and O–H groups in total. The second-order valence-corrected chi connectivity index (χ2v) is 8.94. The minimum Gasteiger partial charge on any atom is -0.494 e. The first-order valence-electron chi connectivity index (χ1n) is 10.6. The molecule has 9 heteroatoms. The van der Waals surface area contributed by atoms with E-state index in [0.29, 0.717) is 17.4 Å². The van der Waals surface area contributed by atoms with Crippen molar-refractivity contribution in [1.82, 2.24) is 0 Å². The van der Waals surface area contributed by atoms with E-state index in [1.54, 1.807) is 0 Å². The number of hydrogen-bond donors (Lipinski definition) is 1. The highest BCUT2D eigenvalue weighted by atomic mass is 32.2. The van der Waals surface area contributed by atoms with Gasteiger partial charge >= 0.3 is 6.18 Å². The van der Waals surface area contributed by atoms with Crippen LogP contribution >= 0.6 is 11.8 Å². The van der Waals surface area contributed by atoms with Gasteiger partial charge in [0.2, 0.25) is 5.91 Å². The molecule has 0 saturated carbocycles. The Bertz CT molecular complexity index is 1050. The van der Waals surface area contributed by atoms with Gasteiger partial charge in [0.05, 0.1) is 29.3 Å². The number of carbonyl (C=O) groups excluding carboxylic acids is 1. The molecule has 0 saturated heterocycles. The van der Waals surface area contributed by atoms with E-state index < -0.39 is 23.3 Å². The maximum absolute atomic E-state index is 13.2. The minimum atomic E-state index is -4.55. The van der Waals surface area contributed by atoms with Crippen LogP contribution in [-0.2, 0) is 11.0 Å². The maximum Gasteiger partial charge on any atom is 0.418 e. The van der Waals surface area contributed by atoms with Gasteiger partial charge in [0.15, 0.2) is 0 Å². The van der Waals surface area contributed by atoms with Gasteiger partial charge in [0.1, 0.15) is 16.5 Å². The summed E-state index contributed by atoms with van der Waals surface area (Å²) in [5, 5.41) is 2.93. The Morgan fingerprint density at radius 1 is 1.09 bits per heavy atom. The van der Waals surface area contributed by atoms with E-state index in [1.807, 2.05) is 38.1 Å². The number of ether oxygens (including phenoxy) is 1. The number of nitrogens with one attached hydrogen (secondary N) is 1. The number of unbranched alkanes of at least 4 members (excludes halogenated alkanes) is 1. The summed E-state index contributed by atoms with van der Waals surface area (Å²) in [5.41, 5.74) is -0.359. The lowest BCUT2D eigenvalue weighted by Gasteiger charge is -2.13. The molecule has 1 heterocycles. The van der Waals surface area contributed by atoms with E-state index in [1.165, 1.54) is 18.2 Å². The molecule has 5 nitrogen and oxygen atoms in total. The van der Waals surface area contributed by atoms with Crippen molar-refractivity contribution < 1.29 is 22.7 Å². The van der Waals surface area contributed by atoms with Crippen LogP contribution in [0.25, 0.3) is 0 Å². The van der Waals surface area contributed by atoms with Gasteiger partial charge in [-0.3, -0.25) is 9.79 Å². The van der Waals surface area contributed by atoms with Crippen LogP contribution < -0.4 is 10.1 Å². The van der Waals surface area contributed by atoms with Crippen molar-refractivity contribution in [3.05, 3.63) is 59.7 Å². The fourth-order valence-electron chi connectivity index (χ4n) is 3.14. The molecule has 2 aromatic carbocycles. The number of anilines is 1. The number of amides is 1. The van der Waals surface area contributed by atoms with Gasteiger partial charge in [-0.1, -0.05) is 37.2 Å². The Morgan fingerprint density at radius 3 is 2.45 bits per heavy atom. The zero-order chi connectivity index (χ0) is 24.1. The third-order valence-corrected chi connectivity index (χ3v) is 5.67. The van der Waals surface area contributed by atoms with Crippen LogP contribution in [0.2, 0.25) is 0 Å². The molecule has 0 fully saturated rings. The summed E-state index contributed by atoms with van der Waals surface area (Å²) < 4.78 is 45.2. The monoisotopic (exact) mass is 477 g/mol. The second-order valence-electron chi connectivity index (χ2n) is 7.98. The number of aliphatic imine (C=N–C) groups is 2. The summed E-state index contributed by atoms with van der Waals surface area (Å²) in [6.45, 7) is 6.45. The molecule has 0 atom stereocenters. The van der Waals surface area contributed by atoms with Gasteiger partial charge in [-0.15, -0.1) is 0 Å². The van der Waals surface area contributed by atoms with Gasteiger partial charge in [0.25, 0.3) is 0 Å². The van der Waals surface area contributed by atoms with Crippen LogP contribution in [0.1, 0.15) is 44.7 Å². The number of carbonyl (C=O) groups is 1. The Kier molecular flexibility index (Phi) is 7.84. The molecule has 176 valence electrons. The highest BCUT2D eigenvalue weighted by molar-refractivity contribution is 8.16. The van der Waals surface area contributed by atoms with E-state index in [4.69, 9.17) is 4.74 Å². The fourth-order valence-corrected chi connectivity index (χ4v) is 4.07. The molecule has 3 rings (SSSR count). The molecule has 1 aliphatic rings. The third kappa shape index (κ3) is 6.83. The van der Waals surface area contributed by atoms with Crippen molar-refractivity contribution in [3.63, 3.8) is 0 Å². The number of halogens is 3. The van der Waals surface area contributed by atoms with E-state index in [-0.39, 0.29) is 11.4 Å². The number of para-hydroxylation sites is 1. The smallest absolute Gasteiger partial charge is 0.418 e. The summed E-state index contributed by atoms with van der Waals surface area (Å²) in [4.78, 5) is 21.7. The lowest BCUT2D eigenvalue weighted by molar-refractivity contribution is -0.137. The molecule has 0 aliphatic carbocycles. The van der Waals surface area contributed by atoms with Crippen molar-refractivity contribution in [2.75, 3.05) is 17.7 Å². The van der Waals surface area contributed by atoms with Crippen LogP contribution in [0.15, 0.2) is 58.5 Å². The van der Waals surface area contributed by atoms with Crippen LogP contribution in [-0.4, -0.2) is 34.7 Å². The topological polar surface area (TPSA) is 63.1 Å². The van der Waals surface area contributed by atoms with Crippen molar-refractivity contribution >= 4 is 34.1 Å². The molecular weight excluding hydrogens is 451 g/mol. The Balaban J connectivity index is 1.67. The second kappa shape index (κ2) is 10.4. The molecule has 1 amide bonds. The molecule has 1 aliphatic heterocycles. The van der Waals surface area contributed by atoms with Crippen LogP contribution in [0, 0.1) is 0 Å². The number of alkyl halides is 3. The molecule has 0 unspecified atom stereocenters. The Morgan fingerprint density at radius 2 is 1.79 bits per heavy atom. The van der Waals surface area contributed by atoms with E-state index >= 15 is 0 Å². The quantitative estimate of drug-likeness (QED) is 0.461. The molecule has 2 aromatic rings. The van der Waals surface area contributed by atoms with Gasteiger partial charge in [-0.05, 0) is 56.7 Å². The predicted octanol–water partition coefficient (Wildman–Crippen LogP) is 6.19. The zero-order valence-electron chi connectivity index (χ0n) is 18.7. The standard InChI is InChI=1S/C24H26F3N3O2S/c1-4-5-14-32-17-12-10-16(11-13-17)21-22(30-23(2,3)29-21)33-15-20(31)28-19-9-7-6-8-18(19)24(25,26)27/h6-13H,4-5,14-15H2,1-3H3,(H,28,31).